The molecule has 4 heterocycles. The lowest BCUT2D eigenvalue weighted by molar-refractivity contribution is 0.0686. The van der Waals surface area contributed by atoms with Gasteiger partial charge in [-0.05, 0) is 80.6 Å². The average molecular weight is 756 g/mol. The van der Waals surface area contributed by atoms with Crippen LogP contribution in [0.15, 0.2) is 122 Å². The van der Waals surface area contributed by atoms with E-state index in [2.05, 4.69) is 0 Å². The Kier molecular flexibility index (Phi) is 12.0. The van der Waals surface area contributed by atoms with Crippen LogP contribution >= 0.6 is 0 Å². The number of hydrogen-bond acceptors (Lipinski definition) is 8. The monoisotopic (exact) mass is 755 g/mol. The van der Waals surface area contributed by atoms with E-state index in [1.54, 1.807) is 66.5 Å². The number of aromatic carboxylic acids is 3. The van der Waals surface area contributed by atoms with Crippen LogP contribution in [0.25, 0.3) is 11.0 Å². The van der Waals surface area contributed by atoms with Crippen LogP contribution in [0.2, 0.25) is 0 Å². The van der Waals surface area contributed by atoms with Crippen molar-refractivity contribution in [3.05, 3.63) is 172 Å². The lowest BCUT2D eigenvalue weighted by Crippen LogP contribution is -2.10. The van der Waals surface area contributed by atoms with Gasteiger partial charge in [0, 0.05) is 40.3 Å². The Hall–Kier alpha value is -7.67. The first-order chi connectivity index (χ1) is 26.8. The van der Waals surface area contributed by atoms with Crippen LogP contribution in [-0.4, -0.2) is 67.8 Å². The van der Waals surface area contributed by atoms with E-state index in [0.29, 0.717) is 39.6 Å². The standard InChI is InChI=1S/C18H16N2O4.C18H15NO4.C7H6O2/c1-10-15(20-8-4-3-5-14(20)17(10)24-2)16(21)11-6-7-13(19)12(9-11)18(22)23;1-11-15(19-10-4-3-5-14(19)17(11)23-2)16(20)12-6-8-13(9-7-12)18(21)22;8-7(9)6-4-2-1-3-5-6/h3-9H,19H2,1-2H3,(H,22,23);3-10H,1-2H3,(H,21,22);1-5H,(H,8,9). The SMILES string of the molecule is COc1c(C)c(C(=O)c2ccc(C(=O)O)cc2)n2ccccc12.COc1c(C)c(C(=O)c2ccc(N)c(C(=O)O)c2)n2ccccc12.O=C(O)c1ccccc1. The van der Waals surface area contributed by atoms with Gasteiger partial charge in [0.25, 0.3) is 0 Å². The topological polar surface area (TPSA) is 199 Å². The number of pyridine rings is 2. The number of benzene rings is 3. The summed E-state index contributed by atoms with van der Waals surface area (Å²) in [5.74, 6) is -2.26. The average Bonchev–Trinajstić information content (AvgIpc) is 3.66. The Morgan fingerprint density at radius 2 is 0.929 bits per heavy atom. The molecule has 3 aromatic carbocycles. The van der Waals surface area contributed by atoms with Crippen LogP contribution in [-0.2, 0) is 0 Å². The highest BCUT2D eigenvalue weighted by Gasteiger charge is 2.24. The van der Waals surface area contributed by atoms with Crippen molar-refractivity contribution in [2.45, 2.75) is 13.8 Å². The largest absolute Gasteiger partial charge is 0.494 e. The summed E-state index contributed by atoms with van der Waals surface area (Å²) < 4.78 is 14.4. The summed E-state index contributed by atoms with van der Waals surface area (Å²) in [4.78, 5) is 58.2. The lowest BCUT2D eigenvalue weighted by atomic mass is 10.0. The van der Waals surface area contributed by atoms with Crippen LogP contribution in [0.5, 0.6) is 11.5 Å². The van der Waals surface area contributed by atoms with E-state index >= 15 is 0 Å². The van der Waals surface area contributed by atoms with Gasteiger partial charge in [0.1, 0.15) is 22.9 Å². The predicted octanol–water partition coefficient (Wildman–Crippen LogP) is 7.34. The van der Waals surface area contributed by atoms with Crippen molar-refractivity contribution in [1.29, 1.82) is 0 Å². The molecule has 0 unspecified atom stereocenters. The number of fused-ring (bicyclic) bond motifs is 2. The van der Waals surface area contributed by atoms with Crippen molar-refractivity contribution in [1.82, 2.24) is 8.80 Å². The van der Waals surface area contributed by atoms with E-state index in [9.17, 15) is 29.1 Å². The van der Waals surface area contributed by atoms with E-state index < -0.39 is 17.9 Å². The molecule has 284 valence electrons. The number of anilines is 1. The molecule has 0 spiro atoms. The molecule has 0 aliphatic heterocycles. The minimum Gasteiger partial charge on any atom is -0.494 e. The fourth-order valence-corrected chi connectivity index (χ4v) is 6.18. The van der Waals surface area contributed by atoms with Gasteiger partial charge >= 0.3 is 17.9 Å². The molecule has 0 atom stereocenters. The molecule has 13 heteroatoms. The number of ether oxygens (including phenoxy) is 2. The maximum atomic E-state index is 13.0. The molecule has 0 aliphatic rings. The number of ketones is 2. The fraction of sp³-hybridized carbons (Fsp3) is 0.0930. The minimum absolute atomic E-state index is 0.0914. The molecule has 13 nitrogen and oxygen atoms in total. The molecule has 7 rings (SSSR count). The Bertz CT molecular complexity index is 2610. The van der Waals surface area contributed by atoms with Gasteiger partial charge in [-0.25, -0.2) is 14.4 Å². The van der Waals surface area contributed by atoms with Crippen LogP contribution < -0.4 is 15.2 Å². The summed E-state index contributed by atoms with van der Waals surface area (Å²) in [7, 11) is 3.13. The van der Waals surface area contributed by atoms with E-state index in [1.807, 2.05) is 49.5 Å². The van der Waals surface area contributed by atoms with Crippen molar-refractivity contribution >= 4 is 46.2 Å². The molecule has 5 N–H and O–H groups in total. The number of nitrogens with two attached hydrogens (primary N) is 1. The molecule has 7 aromatic rings. The highest BCUT2D eigenvalue weighted by atomic mass is 16.5. The first-order valence-electron chi connectivity index (χ1n) is 16.9. The molecular formula is C43H37N3O10. The van der Waals surface area contributed by atoms with Crippen molar-refractivity contribution in [2.24, 2.45) is 0 Å². The third-order valence-electron chi connectivity index (χ3n) is 8.86. The maximum Gasteiger partial charge on any atom is 0.337 e. The van der Waals surface area contributed by atoms with E-state index in [0.717, 1.165) is 16.6 Å². The fourth-order valence-electron chi connectivity index (χ4n) is 6.18. The summed E-state index contributed by atoms with van der Waals surface area (Å²) >= 11 is 0. The second-order valence-electron chi connectivity index (χ2n) is 12.2. The smallest absolute Gasteiger partial charge is 0.337 e. The van der Waals surface area contributed by atoms with Crippen molar-refractivity contribution in [2.75, 3.05) is 20.0 Å². The number of carboxylic acid groups (broad SMARTS) is 3. The molecule has 0 radical (unpaired) electrons. The van der Waals surface area contributed by atoms with E-state index in [-0.39, 0.29) is 33.9 Å². The molecular weight excluding hydrogens is 718 g/mol. The summed E-state index contributed by atoms with van der Waals surface area (Å²) in [6.07, 6.45) is 3.58. The summed E-state index contributed by atoms with van der Waals surface area (Å²) in [6.45, 7) is 3.64. The number of rotatable bonds is 9. The van der Waals surface area contributed by atoms with Crippen LogP contribution in [0.4, 0.5) is 5.69 Å². The summed E-state index contributed by atoms with van der Waals surface area (Å²) in [5, 5.41) is 26.5. The molecule has 4 aromatic heterocycles. The van der Waals surface area contributed by atoms with Gasteiger partial charge in [0.05, 0.1) is 41.9 Å². The quantitative estimate of drug-likeness (QED) is 0.0849. The van der Waals surface area contributed by atoms with Crippen molar-refractivity contribution in [3.8, 4) is 11.5 Å². The number of carbonyl (C=O) groups is 5. The summed E-state index contributed by atoms with van der Waals surface area (Å²) in [5.41, 5.74) is 10.9. The van der Waals surface area contributed by atoms with Gasteiger partial charge in [-0.1, -0.05) is 42.5 Å². The van der Waals surface area contributed by atoms with Gasteiger partial charge in [-0.2, -0.15) is 0 Å². The Balaban J connectivity index is 0.000000176. The Labute approximate surface area is 320 Å². The second kappa shape index (κ2) is 17.0. The number of nitrogens with zero attached hydrogens (tertiary/aromatic N) is 2. The zero-order valence-electron chi connectivity index (χ0n) is 30.7. The van der Waals surface area contributed by atoms with Gasteiger partial charge in [-0.15, -0.1) is 0 Å². The zero-order chi connectivity index (χ0) is 40.7. The molecule has 0 aliphatic carbocycles. The number of nitrogen functional groups attached to an aromatic ring is 1. The van der Waals surface area contributed by atoms with E-state index in [4.69, 9.17) is 25.4 Å². The highest BCUT2D eigenvalue weighted by Crippen LogP contribution is 2.33. The number of aromatic nitrogens is 2. The van der Waals surface area contributed by atoms with Crippen LogP contribution in [0, 0.1) is 13.8 Å². The first-order valence-corrected chi connectivity index (χ1v) is 16.9. The van der Waals surface area contributed by atoms with Gasteiger partial charge in [0.15, 0.2) is 0 Å². The Morgan fingerprint density at radius 1 is 0.518 bits per heavy atom. The highest BCUT2D eigenvalue weighted by molar-refractivity contribution is 6.12. The molecule has 0 bridgehead atoms. The number of carbonyl (C=O) groups excluding carboxylic acids is 2. The van der Waals surface area contributed by atoms with Gasteiger partial charge in [-0.3, -0.25) is 9.59 Å². The minimum atomic E-state index is -1.17. The van der Waals surface area contributed by atoms with E-state index in [1.165, 1.54) is 42.5 Å². The molecule has 0 amide bonds. The molecule has 0 fully saturated rings. The second-order valence-corrected chi connectivity index (χ2v) is 12.2. The zero-order valence-corrected chi connectivity index (χ0v) is 30.7. The number of hydrogen-bond donors (Lipinski definition) is 4. The van der Waals surface area contributed by atoms with Gasteiger partial charge in [0.2, 0.25) is 11.6 Å². The molecule has 0 saturated heterocycles. The normalized spacial score (nSPS) is 10.4. The molecule has 56 heavy (non-hydrogen) atoms. The van der Waals surface area contributed by atoms with Crippen LogP contribution in [0.1, 0.15) is 74.3 Å². The van der Waals surface area contributed by atoms with Crippen molar-refractivity contribution in [3.63, 3.8) is 0 Å². The summed E-state index contributed by atoms with van der Waals surface area (Å²) in [6, 6.07) is 29.6. The first kappa shape index (κ1) is 39.5. The Morgan fingerprint density at radius 3 is 1.36 bits per heavy atom. The third-order valence-corrected chi connectivity index (χ3v) is 8.86. The van der Waals surface area contributed by atoms with Crippen LogP contribution in [0.3, 0.4) is 0 Å². The third kappa shape index (κ3) is 7.96. The number of carboxylic acids is 3. The molecule has 0 saturated carbocycles. The van der Waals surface area contributed by atoms with Gasteiger partial charge < -0.3 is 39.3 Å². The maximum absolute atomic E-state index is 13.0. The predicted molar refractivity (Wildman–Crippen MR) is 209 cm³/mol. The van der Waals surface area contributed by atoms with Crippen molar-refractivity contribution < 1.29 is 48.8 Å². The number of methoxy groups -OCH3 is 2. The lowest BCUT2D eigenvalue weighted by Gasteiger charge is -2.06.